The molecule has 4 heterocycles. The van der Waals surface area contributed by atoms with Crippen molar-refractivity contribution in [3.8, 4) is 23.3 Å². The lowest BCUT2D eigenvalue weighted by molar-refractivity contribution is -0.126. The van der Waals surface area contributed by atoms with Crippen LogP contribution in [0, 0.1) is 17.1 Å². The van der Waals surface area contributed by atoms with Crippen LogP contribution in [-0.2, 0) is 9.53 Å². The zero-order valence-electron chi connectivity index (χ0n) is 26.7. The number of piperazine rings is 1. The molecule has 4 aromatic rings. The maximum atomic E-state index is 16.1. The van der Waals surface area contributed by atoms with E-state index in [1.807, 2.05) is 29.2 Å². The molecule has 0 N–H and O–H groups in total. The number of pyridine rings is 1. The van der Waals surface area contributed by atoms with Crippen LogP contribution in [0.2, 0.25) is 5.02 Å². The molecular formula is C34H39ClFN7O3. The summed E-state index contributed by atoms with van der Waals surface area (Å²) in [4.78, 5) is 31.9. The van der Waals surface area contributed by atoms with Gasteiger partial charge >= 0.3 is 6.01 Å². The first kappa shape index (κ1) is 34.5. The summed E-state index contributed by atoms with van der Waals surface area (Å²) in [5.41, 5.74) is 0.836. The Morgan fingerprint density at radius 3 is 2.35 bits per heavy atom. The first-order valence-corrected chi connectivity index (χ1v) is 15.5. The van der Waals surface area contributed by atoms with Crippen molar-refractivity contribution < 1.29 is 18.7 Å². The van der Waals surface area contributed by atoms with Crippen molar-refractivity contribution in [2.24, 2.45) is 0 Å². The van der Waals surface area contributed by atoms with Crippen LogP contribution in [0.25, 0.3) is 32.9 Å². The third-order valence-electron chi connectivity index (χ3n) is 7.68. The van der Waals surface area contributed by atoms with E-state index in [0.29, 0.717) is 54.6 Å². The molecule has 0 saturated carbocycles. The number of benzene rings is 2. The van der Waals surface area contributed by atoms with Gasteiger partial charge in [-0.2, -0.15) is 15.2 Å². The number of fused-ring (bicyclic) bond motifs is 2. The Morgan fingerprint density at radius 2 is 1.74 bits per heavy atom. The van der Waals surface area contributed by atoms with Gasteiger partial charge in [-0.3, -0.25) is 9.78 Å². The predicted molar refractivity (Wildman–Crippen MR) is 180 cm³/mol. The number of aromatic nitrogens is 3. The molecule has 2 fully saturated rings. The number of hydrogen-bond donors (Lipinski definition) is 0. The Bertz CT molecular complexity index is 1710. The van der Waals surface area contributed by atoms with Gasteiger partial charge in [0.25, 0.3) is 0 Å². The van der Waals surface area contributed by atoms with Crippen molar-refractivity contribution in [2.75, 3.05) is 72.0 Å². The third kappa shape index (κ3) is 8.26. The predicted octanol–water partition coefficient (Wildman–Crippen LogP) is 5.74. The standard InChI is InChI=1S/C27H25ClFN5O3.C5H11N.C2H3N/c1-36-15-5-10-21(35)33-11-13-34(14-12-33)26-19-16-30-24(23(29)25(19)31-27(32-26)37-2)18-8-3-6-17-7-4-9-20(28)22(17)18;1-6-4-2-3-5-6;1-2-3/h3-10,16H,11-15H2,1-2H3;2-5H2,1H3;1H3/b10-5+;;. The second-order valence-electron chi connectivity index (χ2n) is 10.8. The van der Waals surface area contributed by atoms with E-state index in [2.05, 4.69) is 26.9 Å². The summed E-state index contributed by atoms with van der Waals surface area (Å²) in [6.45, 7) is 6.46. The van der Waals surface area contributed by atoms with Crippen LogP contribution in [0.15, 0.2) is 54.7 Å². The maximum absolute atomic E-state index is 16.1. The summed E-state index contributed by atoms with van der Waals surface area (Å²) in [6.07, 6.45) is 7.62. The van der Waals surface area contributed by atoms with Gasteiger partial charge in [-0.15, -0.1) is 0 Å². The summed E-state index contributed by atoms with van der Waals surface area (Å²) >= 11 is 6.49. The molecule has 6 rings (SSSR count). The van der Waals surface area contributed by atoms with Crippen LogP contribution < -0.4 is 9.64 Å². The highest BCUT2D eigenvalue weighted by Gasteiger charge is 2.25. The molecule has 0 atom stereocenters. The highest BCUT2D eigenvalue weighted by molar-refractivity contribution is 6.36. The maximum Gasteiger partial charge on any atom is 0.318 e. The molecule has 46 heavy (non-hydrogen) atoms. The van der Waals surface area contributed by atoms with Crippen molar-refractivity contribution in [3.05, 3.63) is 65.6 Å². The van der Waals surface area contributed by atoms with Gasteiger partial charge < -0.3 is 24.2 Å². The number of carbonyl (C=O) groups is 1. The van der Waals surface area contributed by atoms with E-state index in [9.17, 15) is 4.79 Å². The molecule has 0 aliphatic carbocycles. The molecule has 0 radical (unpaired) electrons. The number of anilines is 1. The summed E-state index contributed by atoms with van der Waals surface area (Å²) in [5, 5.41) is 9.91. The van der Waals surface area contributed by atoms with Crippen molar-refractivity contribution in [1.29, 1.82) is 5.26 Å². The van der Waals surface area contributed by atoms with E-state index in [1.54, 1.807) is 42.5 Å². The molecule has 10 nitrogen and oxygen atoms in total. The Kier molecular flexibility index (Phi) is 12.6. The number of carbonyl (C=O) groups excluding carboxylic acids is 1. The van der Waals surface area contributed by atoms with E-state index in [4.69, 9.17) is 26.3 Å². The Labute approximate surface area is 274 Å². The van der Waals surface area contributed by atoms with Gasteiger partial charge in [0.05, 0.1) is 25.2 Å². The Morgan fingerprint density at radius 1 is 1.07 bits per heavy atom. The third-order valence-corrected chi connectivity index (χ3v) is 7.99. The van der Waals surface area contributed by atoms with Crippen LogP contribution >= 0.6 is 11.6 Å². The number of methoxy groups -OCH3 is 2. The van der Waals surface area contributed by atoms with Crippen molar-refractivity contribution in [3.63, 3.8) is 0 Å². The first-order valence-electron chi connectivity index (χ1n) is 15.1. The molecule has 0 unspecified atom stereocenters. The zero-order chi connectivity index (χ0) is 33.1. The summed E-state index contributed by atoms with van der Waals surface area (Å²) in [5.74, 6) is -0.144. The highest BCUT2D eigenvalue weighted by Crippen LogP contribution is 2.37. The number of nitriles is 1. The molecule has 0 bridgehead atoms. The molecule has 242 valence electrons. The lowest BCUT2D eigenvalue weighted by Crippen LogP contribution is -2.48. The molecule has 2 saturated heterocycles. The number of hydrogen-bond acceptors (Lipinski definition) is 9. The average molecular weight is 648 g/mol. The van der Waals surface area contributed by atoms with E-state index in [0.717, 1.165) is 10.8 Å². The molecule has 2 aromatic heterocycles. The van der Waals surface area contributed by atoms with Gasteiger partial charge in [-0.1, -0.05) is 48.0 Å². The van der Waals surface area contributed by atoms with Crippen molar-refractivity contribution >= 4 is 45.0 Å². The summed E-state index contributed by atoms with van der Waals surface area (Å²) in [6, 6.07) is 12.9. The normalized spacial score (nSPS) is 14.9. The highest BCUT2D eigenvalue weighted by atomic mass is 35.5. The van der Waals surface area contributed by atoms with Crippen LogP contribution in [0.4, 0.5) is 10.2 Å². The molecule has 2 aliphatic rings. The lowest BCUT2D eigenvalue weighted by Gasteiger charge is -2.35. The largest absolute Gasteiger partial charge is 0.467 e. The van der Waals surface area contributed by atoms with Gasteiger partial charge in [0, 0.05) is 68.5 Å². The number of rotatable bonds is 6. The molecule has 2 aliphatic heterocycles. The number of amides is 1. The molecule has 1 amide bonds. The van der Waals surface area contributed by atoms with Gasteiger partial charge in [0.2, 0.25) is 5.91 Å². The van der Waals surface area contributed by atoms with Crippen LogP contribution in [-0.4, -0.2) is 97.8 Å². The number of halogens is 2. The van der Waals surface area contributed by atoms with Crippen LogP contribution in [0.5, 0.6) is 6.01 Å². The quantitative estimate of drug-likeness (QED) is 0.242. The van der Waals surface area contributed by atoms with Crippen LogP contribution in [0.3, 0.4) is 0 Å². The molecule has 0 spiro atoms. The Balaban J connectivity index is 0.000000466. The number of nitrogens with zero attached hydrogens (tertiary/aromatic N) is 7. The fourth-order valence-corrected chi connectivity index (χ4v) is 5.68. The number of ether oxygens (including phenoxy) is 2. The minimum absolute atomic E-state index is 0.0514. The average Bonchev–Trinajstić information content (AvgIpc) is 3.56. The topological polar surface area (TPSA) is 108 Å². The second kappa shape index (κ2) is 16.8. The zero-order valence-corrected chi connectivity index (χ0v) is 27.4. The van der Waals surface area contributed by atoms with E-state index in [1.165, 1.54) is 46.0 Å². The minimum atomic E-state index is -0.580. The van der Waals surface area contributed by atoms with Gasteiger partial charge in [-0.05, 0) is 44.4 Å². The molecular weight excluding hydrogens is 609 g/mol. The van der Waals surface area contributed by atoms with Crippen LogP contribution in [0.1, 0.15) is 19.8 Å². The fourth-order valence-electron chi connectivity index (χ4n) is 5.40. The molecule has 12 heteroatoms. The smallest absolute Gasteiger partial charge is 0.318 e. The SMILES string of the molecule is CC#N.CN1CCCC1.COC/C=C/C(=O)N1CCN(c2nc(OC)nc3c(F)c(-c4cccc5cccc(Cl)c45)ncc23)CC1. The first-order chi connectivity index (χ1) is 22.3. The fraction of sp³-hybridized carbons (Fsp3) is 0.382. The van der Waals surface area contributed by atoms with Gasteiger partial charge in [0.1, 0.15) is 17.0 Å². The van der Waals surface area contributed by atoms with E-state index in [-0.39, 0.29) is 23.1 Å². The number of likely N-dealkylation sites (tertiary alicyclic amines) is 1. The summed E-state index contributed by atoms with van der Waals surface area (Å²) < 4.78 is 26.3. The summed E-state index contributed by atoms with van der Waals surface area (Å²) in [7, 11) is 5.19. The van der Waals surface area contributed by atoms with Gasteiger partial charge in [0.15, 0.2) is 5.82 Å². The molecule has 2 aromatic carbocycles. The minimum Gasteiger partial charge on any atom is -0.467 e. The van der Waals surface area contributed by atoms with Gasteiger partial charge in [-0.25, -0.2) is 4.39 Å². The van der Waals surface area contributed by atoms with E-state index < -0.39 is 5.82 Å². The van der Waals surface area contributed by atoms with E-state index >= 15 is 4.39 Å². The Hall–Kier alpha value is -4.37. The lowest BCUT2D eigenvalue weighted by atomic mass is 10.0. The monoisotopic (exact) mass is 647 g/mol. The van der Waals surface area contributed by atoms with Crippen molar-refractivity contribution in [1.82, 2.24) is 24.8 Å². The second-order valence-corrected chi connectivity index (χ2v) is 11.2. The van der Waals surface area contributed by atoms with Crippen molar-refractivity contribution in [2.45, 2.75) is 19.8 Å².